The molecule has 5 heteroatoms. The van der Waals surface area contributed by atoms with Crippen LogP contribution >= 0.6 is 0 Å². The van der Waals surface area contributed by atoms with Gasteiger partial charge in [0.1, 0.15) is 0 Å². The third-order valence-electron chi connectivity index (χ3n) is 4.21. The molecule has 1 fully saturated rings. The number of hydrogen-bond donors (Lipinski definition) is 2. The van der Waals surface area contributed by atoms with E-state index in [0.717, 1.165) is 32.6 Å². The first-order valence-corrected chi connectivity index (χ1v) is 8.19. The van der Waals surface area contributed by atoms with Crippen molar-refractivity contribution >= 4 is 11.6 Å². The minimum atomic E-state index is -0.0235. The molecule has 0 spiro atoms. The Labute approximate surface area is 133 Å². The average molecular weight is 304 g/mol. The summed E-state index contributed by atoms with van der Waals surface area (Å²) in [4.78, 5) is 16.8. The monoisotopic (exact) mass is 304 g/mol. The molecule has 1 aromatic rings. The van der Waals surface area contributed by atoms with Crippen LogP contribution in [-0.4, -0.2) is 56.1 Å². The van der Waals surface area contributed by atoms with Gasteiger partial charge >= 0.3 is 0 Å². The summed E-state index contributed by atoms with van der Waals surface area (Å²) >= 11 is 0. The maximum atomic E-state index is 12.0. The number of benzene rings is 1. The molecular weight excluding hydrogens is 276 g/mol. The molecule has 3 N–H and O–H groups in total. The lowest BCUT2D eigenvalue weighted by Crippen LogP contribution is -2.48. The SMILES string of the molecule is CC(C)N1CCN(c2ccc(C(=O)NCCCN)cc2)CC1. The van der Waals surface area contributed by atoms with Crippen LogP contribution in [0.15, 0.2) is 24.3 Å². The van der Waals surface area contributed by atoms with E-state index in [0.29, 0.717) is 24.7 Å². The number of carbonyl (C=O) groups excluding carboxylic acids is 1. The highest BCUT2D eigenvalue weighted by atomic mass is 16.1. The summed E-state index contributed by atoms with van der Waals surface area (Å²) in [7, 11) is 0. The number of carbonyl (C=O) groups is 1. The minimum absolute atomic E-state index is 0.0235. The maximum Gasteiger partial charge on any atom is 0.251 e. The summed E-state index contributed by atoms with van der Waals surface area (Å²) in [6.07, 6.45) is 0.809. The number of nitrogens with zero attached hydrogens (tertiary/aromatic N) is 2. The minimum Gasteiger partial charge on any atom is -0.369 e. The second-order valence-corrected chi connectivity index (χ2v) is 6.06. The summed E-state index contributed by atoms with van der Waals surface area (Å²) in [5.74, 6) is -0.0235. The molecule has 1 heterocycles. The summed E-state index contributed by atoms with van der Waals surface area (Å²) < 4.78 is 0. The number of hydrogen-bond acceptors (Lipinski definition) is 4. The lowest BCUT2D eigenvalue weighted by atomic mass is 10.1. The van der Waals surface area contributed by atoms with E-state index in [2.05, 4.69) is 29.0 Å². The normalized spacial score (nSPS) is 16.1. The zero-order valence-electron chi connectivity index (χ0n) is 13.7. The third kappa shape index (κ3) is 4.45. The molecule has 1 aliphatic rings. The molecule has 0 saturated carbocycles. The molecule has 0 aliphatic carbocycles. The predicted octanol–water partition coefficient (Wildman–Crippen LogP) is 1.30. The first-order chi connectivity index (χ1) is 10.6. The van der Waals surface area contributed by atoms with Gasteiger partial charge in [0.15, 0.2) is 0 Å². The average Bonchev–Trinajstić information content (AvgIpc) is 2.55. The fraction of sp³-hybridized carbons (Fsp3) is 0.588. The van der Waals surface area contributed by atoms with Crippen molar-refractivity contribution in [1.29, 1.82) is 0 Å². The Kier molecular flexibility index (Phi) is 6.21. The molecule has 0 atom stereocenters. The van der Waals surface area contributed by atoms with Gasteiger partial charge in [0.05, 0.1) is 0 Å². The zero-order valence-corrected chi connectivity index (χ0v) is 13.7. The van der Waals surface area contributed by atoms with Gasteiger partial charge in [-0.2, -0.15) is 0 Å². The van der Waals surface area contributed by atoms with Crippen LogP contribution in [0.1, 0.15) is 30.6 Å². The summed E-state index contributed by atoms with van der Waals surface area (Å²) in [6, 6.07) is 8.51. The molecule has 2 rings (SSSR count). The molecule has 0 aromatic heterocycles. The summed E-state index contributed by atoms with van der Waals surface area (Å²) in [5, 5.41) is 2.88. The summed E-state index contributed by atoms with van der Waals surface area (Å²) in [6.45, 7) is 10.00. The quantitative estimate of drug-likeness (QED) is 0.778. The highest BCUT2D eigenvalue weighted by Gasteiger charge is 2.19. The van der Waals surface area contributed by atoms with Crippen LogP contribution in [0.5, 0.6) is 0 Å². The van der Waals surface area contributed by atoms with E-state index in [1.165, 1.54) is 5.69 Å². The van der Waals surface area contributed by atoms with Crippen molar-refractivity contribution in [2.24, 2.45) is 5.73 Å². The topological polar surface area (TPSA) is 61.6 Å². The molecular formula is C17H28N4O. The lowest BCUT2D eigenvalue weighted by molar-refractivity contribution is 0.0953. The van der Waals surface area contributed by atoms with Crippen LogP contribution in [-0.2, 0) is 0 Å². The second-order valence-electron chi connectivity index (χ2n) is 6.06. The fourth-order valence-corrected chi connectivity index (χ4v) is 2.73. The predicted molar refractivity (Wildman–Crippen MR) is 91.4 cm³/mol. The zero-order chi connectivity index (χ0) is 15.9. The van der Waals surface area contributed by atoms with Gasteiger partial charge in [-0.1, -0.05) is 0 Å². The molecule has 5 nitrogen and oxygen atoms in total. The van der Waals surface area contributed by atoms with Crippen LogP contribution < -0.4 is 16.0 Å². The molecule has 1 amide bonds. The van der Waals surface area contributed by atoms with Gasteiger partial charge in [-0.25, -0.2) is 0 Å². The first-order valence-electron chi connectivity index (χ1n) is 8.19. The van der Waals surface area contributed by atoms with Crippen LogP contribution in [0.25, 0.3) is 0 Å². The van der Waals surface area contributed by atoms with Crippen molar-refractivity contribution in [1.82, 2.24) is 10.2 Å². The molecule has 1 saturated heterocycles. The number of anilines is 1. The molecule has 0 radical (unpaired) electrons. The molecule has 22 heavy (non-hydrogen) atoms. The Morgan fingerprint density at radius 2 is 1.82 bits per heavy atom. The number of nitrogens with one attached hydrogen (secondary N) is 1. The highest BCUT2D eigenvalue weighted by Crippen LogP contribution is 2.18. The van der Waals surface area contributed by atoms with Crippen molar-refractivity contribution in [3.8, 4) is 0 Å². The van der Waals surface area contributed by atoms with Crippen LogP contribution in [0.2, 0.25) is 0 Å². The van der Waals surface area contributed by atoms with Crippen LogP contribution in [0.4, 0.5) is 5.69 Å². The van der Waals surface area contributed by atoms with E-state index in [4.69, 9.17) is 5.73 Å². The highest BCUT2D eigenvalue weighted by molar-refractivity contribution is 5.94. The Bertz CT molecular complexity index is 464. The van der Waals surface area contributed by atoms with Crippen molar-refractivity contribution in [2.75, 3.05) is 44.2 Å². The first kappa shape index (κ1) is 16.8. The van der Waals surface area contributed by atoms with Gasteiger partial charge in [-0.3, -0.25) is 9.69 Å². The van der Waals surface area contributed by atoms with E-state index >= 15 is 0 Å². The van der Waals surface area contributed by atoms with E-state index < -0.39 is 0 Å². The number of piperazine rings is 1. The Hall–Kier alpha value is -1.59. The van der Waals surface area contributed by atoms with E-state index in [9.17, 15) is 4.79 Å². The fourth-order valence-electron chi connectivity index (χ4n) is 2.73. The molecule has 0 unspecified atom stereocenters. The molecule has 1 aliphatic heterocycles. The smallest absolute Gasteiger partial charge is 0.251 e. The summed E-state index contributed by atoms with van der Waals surface area (Å²) in [5.41, 5.74) is 7.33. The van der Waals surface area contributed by atoms with E-state index in [-0.39, 0.29) is 5.91 Å². The lowest BCUT2D eigenvalue weighted by Gasteiger charge is -2.38. The Morgan fingerprint density at radius 1 is 1.18 bits per heavy atom. The van der Waals surface area contributed by atoms with E-state index in [1.807, 2.05) is 24.3 Å². The van der Waals surface area contributed by atoms with Crippen LogP contribution in [0.3, 0.4) is 0 Å². The van der Waals surface area contributed by atoms with Gasteiger partial charge < -0.3 is 16.0 Å². The van der Waals surface area contributed by atoms with Gasteiger partial charge in [-0.15, -0.1) is 0 Å². The second kappa shape index (κ2) is 8.15. The van der Waals surface area contributed by atoms with Crippen LogP contribution in [0, 0.1) is 0 Å². The Balaban J connectivity index is 1.88. The largest absolute Gasteiger partial charge is 0.369 e. The number of nitrogens with two attached hydrogens (primary N) is 1. The third-order valence-corrected chi connectivity index (χ3v) is 4.21. The van der Waals surface area contributed by atoms with Crippen molar-refractivity contribution in [3.63, 3.8) is 0 Å². The van der Waals surface area contributed by atoms with E-state index in [1.54, 1.807) is 0 Å². The molecule has 1 aromatic carbocycles. The van der Waals surface area contributed by atoms with Crippen molar-refractivity contribution < 1.29 is 4.79 Å². The van der Waals surface area contributed by atoms with Gasteiger partial charge in [0.2, 0.25) is 0 Å². The van der Waals surface area contributed by atoms with Gasteiger partial charge in [0.25, 0.3) is 5.91 Å². The number of rotatable bonds is 6. The van der Waals surface area contributed by atoms with Crippen molar-refractivity contribution in [3.05, 3.63) is 29.8 Å². The standard InChI is InChI=1S/C17H28N4O/c1-14(2)20-10-12-21(13-11-20)16-6-4-15(5-7-16)17(22)19-9-3-8-18/h4-7,14H,3,8-13,18H2,1-2H3,(H,19,22). The molecule has 0 bridgehead atoms. The van der Waals surface area contributed by atoms with Crippen molar-refractivity contribution in [2.45, 2.75) is 26.3 Å². The molecule has 122 valence electrons. The van der Waals surface area contributed by atoms with Gasteiger partial charge in [0, 0.05) is 50.0 Å². The maximum absolute atomic E-state index is 12.0. The number of amides is 1. The van der Waals surface area contributed by atoms with Gasteiger partial charge in [-0.05, 0) is 51.1 Å². The Morgan fingerprint density at radius 3 is 2.36 bits per heavy atom.